The number of alkyl carbamates (subject to hydrolysis) is 1. The lowest BCUT2D eigenvalue weighted by Gasteiger charge is -2.35. The molecule has 1 aliphatic carbocycles. The molecule has 0 saturated heterocycles. The summed E-state index contributed by atoms with van der Waals surface area (Å²) in [7, 11) is 0. The SMILES string of the molecule is C=Cc1cccc(C(C(=O)NC2CCCCC2)N(CC#N)C(=O)C(NC(=O)OC(C)(C)C)C(C)CC)c1. The van der Waals surface area contributed by atoms with Gasteiger partial charge in [0.25, 0.3) is 0 Å². The van der Waals surface area contributed by atoms with E-state index in [1.54, 1.807) is 45.0 Å². The average Bonchev–Trinajstić information content (AvgIpc) is 2.85. The first-order chi connectivity index (χ1) is 17.5. The summed E-state index contributed by atoms with van der Waals surface area (Å²) in [5.74, 6) is -1.10. The maximum absolute atomic E-state index is 14.0. The van der Waals surface area contributed by atoms with Crippen molar-refractivity contribution in [2.45, 2.75) is 96.9 Å². The Morgan fingerprint density at radius 3 is 2.49 bits per heavy atom. The zero-order valence-corrected chi connectivity index (χ0v) is 22.9. The summed E-state index contributed by atoms with van der Waals surface area (Å²) in [5.41, 5.74) is 0.629. The van der Waals surface area contributed by atoms with Crippen LogP contribution in [0.5, 0.6) is 0 Å². The van der Waals surface area contributed by atoms with Crippen LogP contribution in [0.15, 0.2) is 30.8 Å². The number of rotatable bonds is 10. The van der Waals surface area contributed by atoms with Crippen LogP contribution in [-0.2, 0) is 14.3 Å². The number of nitrogens with zero attached hydrogens (tertiary/aromatic N) is 2. The fourth-order valence-electron chi connectivity index (χ4n) is 4.52. The van der Waals surface area contributed by atoms with Crippen molar-refractivity contribution in [3.05, 3.63) is 42.0 Å². The second kappa shape index (κ2) is 13.8. The first kappa shape index (κ1) is 29.9. The van der Waals surface area contributed by atoms with Gasteiger partial charge in [0.1, 0.15) is 24.2 Å². The van der Waals surface area contributed by atoms with Crippen LogP contribution in [0.25, 0.3) is 6.08 Å². The van der Waals surface area contributed by atoms with Crippen molar-refractivity contribution in [2.24, 2.45) is 5.92 Å². The van der Waals surface area contributed by atoms with Gasteiger partial charge in [0.05, 0.1) is 6.07 Å². The zero-order chi connectivity index (χ0) is 27.6. The van der Waals surface area contributed by atoms with Crippen molar-refractivity contribution in [3.8, 4) is 6.07 Å². The summed E-state index contributed by atoms with van der Waals surface area (Å²) in [6.45, 7) is 12.5. The van der Waals surface area contributed by atoms with Gasteiger partial charge in [-0.3, -0.25) is 9.59 Å². The molecular formula is C29H42N4O4. The van der Waals surface area contributed by atoms with Gasteiger partial charge < -0.3 is 20.3 Å². The molecule has 0 aliphatic heterocycles. The van der Waals surface area contributed by atoms with Crippen molar-refractivity contribution in [2.75, 3.05) is 6.54 Å². The van der Waals surface area contributed by atoms with Crippen LogP contribution >= 0.6 is 0 Å². The quantitative estimate of drug-likeness (QED) is 0.425. The molecule has 8 nitrogen and oxygen atoms in total. The van der Waals surface area contributed by atoms with Crippen molar-refractivity contribution in [1.82, 2.24) is 15.5 Å². The highest BCUT2D eigenvalue weighted by molar-refractivity contribution is 5.92. The molecule has 0 radical (unpaired) electrons. The normalized spacial score (nSPS) is 16.4. The molecule has 0 bridgehead atoms. The van der Waals surface area contributed by atoms with Crippen molar-refractivity contribution in [3.63, 3.8) is 0 Å². The monoisotopic (exact) mass is 510 g/mol. The van der Waals surface area contributed by atoms with Crippen LogP contribution in [0.4, 0.5) is 4.79 Å². The third-order valence-corrected chi connectivity index (χ3v) is 6.65. The molecule has 1 aromatic rings. The number of hydrogen-bond donors (Lipinski definition) is 2. The summed E-state index contributed by atoms with van der Waals surface area (Å²) < 4.78 is 5.40. The first-order valence-corrected chi connectivity index (χ1v) is 13.2. The fourth-order valence-corrected chi connectivity index (χ4v) is 4.52. The zero-order valence-electron chi connectivity index (χ0n) is 22.9. The van der Waals surface area contributed by atoms with Crippen LogP contribution < -0.4 is 10.6 Å². The fraction of sp³-hybridized carbons (Fsp3) is 0.586. The molecule has 2 N–H and O–H groups in total. The molecule has 0 spiro atoms. The first-order valence-electron chi connectivity index (χ1n) is 13.2. The highest BCUT2D eigenvalue weighted by atomic mass is 16.6. The average molecular weight is 511 g/mol. The summed E-state index contributed by atoms with van der Waals surface area (Å²) in [6.07, 6.45) is 6.53. The van der Waals surface area contributed by atoms with E-state index in [9.17, 15) is 19.6 Å². The van der Waals surface area contributed by atoms with Gasteiger partial charge in [0, 0.05) is 6.04 Å². The van der Waals surface area contributed by atoms with E-state index in [1.165, 1.54) is 4.90 Å². The molecule has 3 amide bonds. The third kappa shape index (κ3) is 8.92. The molecule has 1 saturated carbocycles. The molecule has 1 fully saturated rings. The van der Waals surface area contributed by atoms with E-state index < -0.39 is 29.7 Å². The van der Waals surface area contributed by atoms with Crippen molar-refractivity contribution < 1.29 is 19.1 Å². The lowest BCUT2D eigenvalue weighted by atomic mass is 9.93. The molecule has 202 valence electrons. The largest absolute Gasteiger partial charge is 0.444 e. The second-order valence-corrected chi connectivity index (χ2v) is 10.8. The number of nitrogens with one attached hydrogen (secondary N) is 2. The van der Waals surface area contributed by atoms with E-state index in [0.29, 0.717) is 12.0 Å². The highest BCUT2D eigenvalue weighted by Crippen LogP contribution is 2.27. The van der Waals surface area contributed by atoms with E-state index in [4.69, 9.17) is 4.74 Å². The predicted octanol–water partition coefficient (Wildman–Crippen LogP) is 5.11. The number of ether oxygens (including phenoxy) is 1. The number of hydrogen-bond acceptors (Lipinski definition) is 5. The summed E-state index contributed by atoms with van der Waals surface area (Å²) >= 11 is 0. The van der Waals surface area contributed by atoms with Gasteiger partial charge >= 0.3 is 6.09 Å². The van der Waals surface area contributed by atoms with E-state index in [1.807, 2.05) is 19.9 Å². The Labute approximate surface area is 221 Å². The van der Waals surface area contributed by atoms with Crippen LogP contribution in [0.3, 0.4) is 0 Å². The van der Waals surface area contributed by atoms with Gasteiger partial charge in [-0.15, -0.1) is 0 Å². The lowest BCUT2D eigenvalue weighted by molar-refractivity contribution is -0.143. The van der Waals surface area contributed by atoms with Crippen LogP contribution in [-0.4, -0.2) is 47.0 Å². The number of benzene rings is 1. The van der Waals surface area contributed by atoms with E-state index in [-0.39, 0.29) is 24.4 Å². The van der Waals surface area contributed by atoms with E-state index >= 15 is 0 Å². The maximum Gasteiger partial charge on any atom is 0.408 e. The number of carbonyl (C=O) groups is 3. The lowest BCUT2D eigenvalue weighted by Crippen LogP contribution is -2.55. The minimum Gasteiger partial charge on any atom is -0.444 e. The number of carbonyl (C=O) groups excluding carboxylic acids is 3. The second-order valence-electron chi connectivity index (χ2n) is 10.8. The Hall–Kier alpha value is -3.34. The Kier molecular flexibility index (Phi) is 11.2. The highest BCUT2D eigenvalue weighted by Gasteiger charge is 2.38. The minimum absolute atomic E-state index is 0.0237. The molecule has 37 heavy (non-hydrogen) atoms. The molecule has 1 aromatic carbocycles. The van der Waals surface area contributed by atoms with Crippen molar-refractivity contribution >= 4 is 24.0 Å². The van der Waals surface area contributed by atoms with Gasteiger partial charge in [0.2, 0.25) is 11.8 Å². The van der Waals surface area contributed by atoms with Gasteiger partial charge in [-0.2, -0.15) is 5.26 Å². The topological polar surface area (TPSA) is 112 Å². The van der Waals surface area contributed by atoms with Crippen LogP contribution in [0.1, 0.15) is 90.3 Å². The summed E-state index contributed by atoms with van der Waals surface area (Å²) in [4.78, 5) is 41.7. The standard InChI is InChI=1S/C29H42N4O4/c1-7-20(3)24(32-28(36)37-29(4,5)6)27(35)33(18-17-30)25(22-14-12-13-21(8-2)19-22)26(34)31-23-15-10-9-11-16-23/h8,12-14,19-20,23-25H,2,7,9-11,15-16,18H2,1,3-6H3,(H,31,34)(H,32,36). The Bertz CT molecular complexity index is 988. The Morgan fingerprint density at radius 2 is 1.92 bits per heavy atom. The maximum atomic E-state index is 14.0. The summed E-state index contributed by atoms with van der Waals surface area (Å²) in [5, 5.41) is 15.5. The Morgan fingerprint density at radius 1 is 1.24 bits per heavy atom. The number of nitriles is 1. The smallest absolute Gasteiger partial charge is 0.408 e. The molecule has 3 unspecified atom stereocenters. The summed E-state index contributed by atoms with van der Waals surface area (Å²) in [6, 6.07) is 7.29. The Balaban J connectivity index is 2.48. The van der Waals surface area contributed by atoms with Gasteiger partial charge in [0.15, 0.2) is 0 Å². The van der Waals surface area contributed by atoms with E-state index in [0.717, 1.165) is 37.7 Å². The van der Waals surface area contributed by atoms with Gasteiger partial charge in [-0.1, -0.05) is 70.4 Å². The van der Waals surface area contributed by atoms with Crippen molar-refractivity contribution in [1.29, 1.82) is 5.26 Å². The van der Waals surface area contributed by atoms with Gasteiger partial charge in [-0.25, -0.2) is 4.79 Å². The predicted molar refractivity (Wildman–Crippen MR) is 144 cm³/mol. The molecule has 1 aliphatic rings. The molecule has 8 heteroatoms. The molecular weight excluding hydrogens is 468 g/mol. The molecule has 0 aromatic heterocycles. The van der Waals surface area contributed by atoms with Crippen LogP contribution in [0, 0.1) is 17.2 Å². The molecule has 0 heterocycles. The minimum atomic E-state index is -1.04. The number of amides is 3. The molecule has 3 atom stereocenters. The third-order valence-electron chi connectivity index (χ3n) is 6.65. The van der Waals surface area contributed by atoms with E-state index in [2.05, 4.69) is 23.3 Å². The van der Waals surface area contributed by atoms with Crippen LogP contribution in [0.2, 0.25) is 0 Å². The molecule has 2 rings (SSSR count). The van der Waals surface area contributed by atoms with Gasteiger partial charge in [-0.05, 0) is 56.7 Å².